The van der Waals surface area contributed by atoms with Gasteiger partial charge < -0.3 is 9.84 Å². The van der Waals surface area contributed by atoms with Crippen molar-refractivity contribution in [1.82, 2.24) is 0 Å². The minimum atomic E-state index is -0.0495. The molecule has 3 rings (SSSR count). The van der Waals surface area contributed by atoms with Crippen molar-refractivity contribution in [3.8, 4) is 0 Å². The Morgan fingerprint density at radius 1 is 1.23 bits per heavy atom. The zero-order valence-corrected chi connectivity index (χ0v) is 16.4. The Hall–Kier alpha value is -1.97. The van der Waals surface area contributed by atoms with Gasteiger partial charge in [-0.25, -0.2) is 0 Å². The summed E-state index contributed by atoms with van der Waals surface area (Å²) in [5.41, 5.74) is 4.86. The smallest absolute Gasteiger partial charge is 0.0798 e. The van der Waals surface area contributed by atoms with Gasteiger partial charge >= 0.3 is 0 Å². The van der Waals surface area contributed by atoms with E-state index in [-0.39, 0.29) is 24.0 Å². The second kappa shape index (κ2) is 7.34. The van der Waals surface area contributed by atoms with Crippen molar-refractivity contribution < 1.29 is 9.84 Å². The SMILES string of the molecule is COC/C=C(\CO)C1N=Cc2cc(C(C)(C)C)c3ccccc3c2C1C. The molecule has 3 heteroatoms. The molecule has 0 aromatic heterocycles. The number of methoxy groups -OCH3 is 1. The summed E-state index contributed by atoms with van der Waals surface area (Å²) in [4.78, 5) is 4.80. The molecule has 0 bridgehead atoms. The number of nitrogens with zero attached hydrogens (tertiary/aromatic N) is 1. The normalized spacial score (nSPS) is 20.5. The van der Waals surface area contributed by atoms with Crippen molar-refractivity contribution in [3.05, 3.63) is 58.7 Å². The quantitative estimate of drug-likeness (QED) is 0.818. The highest BCUT2D eigenvalue weighted by molar-refractivity contribution is 5.98. The Bertz CT molecular complexity index is 858. The summed E-state index contributed by atoms with van der Waals surface area (Å²) in [7, 11) is 1.66. The van der Waals surface area contributed by atoms with Gasteiger partial charge in [-0.3, -0.25) is 4.99 Å². The van der Waals surface area contributed by atoms with Gasteiger partial charge in [0.15, 0.2) is 0 Å². The van der Waals surface area contributed by atoms with Gasteiger partial charge in [-0.15, -0.1) is 0 Å². The minimum Gasteiger partial charge on any atom is -0.392 e. The number of benzene rings is 2. The summed E-state index contributed by atoms with van der Waals surface area (Å²) in [5.74, 6) is 0.198. The van der Waals surface area contributed by atoms with E-state index in [9.17, 15) is 5.11 Å². The number of fused-ring (bicyclic) bond motifs is 3. The Morgan fingerprint density at radius 2 is 1.92 bits per heavy atom. The first kappa shape index (κ1) is 18.8. The van der Waals surface area contributed by atoms with Gasteiger partial charge in [0.05, 0.1) is 19.3 Å². The van der Waals surface area contributed by atoms with E-state index in [1.807, 2.05) is 12.3 Å². The van der Waals surface area contributed by atoms with Crippen LogP contribution in [0.4, 0.5) is 0 Å². The fourth-order valence-electron chi connectivity index (χ4n) is 3.99. The third-order valence-corrected chi connectivity index (χ3v) is 5.30. The molecular weight excluding hydrogens is 322 g/mol. The fourth-order valence-corrected chi connectivity index (χ4v) is 3.99. The van der Waals surface area contributed by atoms with E-state index in [1.165, 1.54) is 27.5 Å². The highest BCUT2D eigenvalue weighted by Gasteiger charge is 2.30. The topological polar surface area (TPSA) is 41.8 Å². The van der Waals surface area contributed by atoms with E-state index < -0.39 is 0 Å². The third-order valence-electron chi connectivity index (χ3n) is 5.30. The first-order valence-corrected chi connectivity index (χ1v) is 9.26. The Kier molecular flexibility index (Phi) is 5.31. The maximum absolute atomic E-state index is 9.84. The molecule has 3 nitrogen and oxygen atoms in total. The molecule has 26 heavy (non-hydrogen) atoms. The van der Waals surface area contributed by atoms with Gasteiger partial charge in [0.2, 0.25) is 0 Å². The molecule has 1 N–H and O–H groups in total. The summed E-state index contributed by atoms with van der Waals surface area (Å²) in [6.45, 7) is 9.47. The van der Waals surface area contributed by atoms with Crippen molar-refractivity contribution in [2.75, 3.05) is 20.3 Å². The van der Waals surface area contributed by atoms with Crippen LogP contribution in [0.25, 0.3) is 10.8 Å². The third kappa shape index (κ3) is 3.34. The van der Waals surface area contributed by atoms with E-state index in [1.54, 1.807) is 7.11 Å². The van der Waals surface area contributed by atoms with Crippen molar-refractivity contribution in [3.63, 3.8) is 0 Å². The molecule has 138 valence electrons. The number of aliphatic hydroxyl groups excluding tert-OH is 1. The lowest BCUT2D eigenvalue weighted by Gasteiger charge is -2.31. The summed E-state index contributed by atoms with van der Waals surface area (Å²) in [6, 6.07) is 10.9. The van der Waals surface area contributed by atoms with Crippen molar-refractivity contribution in [2.24, 2.45) is 4.99 Å². The maximum Gasteiger partial charge on any atom is 0.0798 e. The Morgan fingerprint density at radius 3 is 2.54 bits per heavy atom. The Balaban J connectivity index is 2.19. The van der Waals surface area contributed by atoms with E-state index in [0.29, 0.717) is 6.61 Å². The maximum atomic E-state index is 9.84. The lowest BCUT2D eigenvalue weighted by atomic mass is 9.76. The number of hydrogen-bond acceptors (Lipinski definition) is 3. The van der Waals surface area contributed by atoms with Crippen LogP contribution >= 0.6 is 0 Å². The monoisotopic (exact) mass is 351 g/mol. The summed E-state index contributed by atoms with van der Waals surface area (Å²) >= 11 is 0. The first-order chi connectivity index (χ1) is 12.4. The fraction of sp³-hybridized carbons (Fsp3) is 0.435. The average molecular weight is 351 g/mol. The van der Waals surface area contributed by atoms with E-state index in [2.05, 4.69) is 58.0 Å². The number of ether oxygens (including phenoxy) is 1. The summed E-state index contributed by atoms with van der Waals surface area (Å²) in [5, 5.41) is 12.4. The van der Waals surface area contributed by atoms with Crippen LogP contribution in [0.5, 0.6) is 0 Å². The van der Waals surface area contributed by atoms with Crippen LogP contribution < -0.4 is 0 Å². The largest absolute Gasteiger partial charge is 0.392 e. The first-order valence-electron chi connectivity index (χ1n) is 9.26. The molecule has 1 aliphatic rings. The molecule has 1 heterocycles. The van der Waals surface area contributed by atoms with Gasteiger partial charge in [-0.1, -0.05) is 58.0 Å². The summed E-state index contributed by atoms with van der Waals surface area (Å²) < 4.78 is 5.15. The number of aliphatic imine (C=N–C) groups is 1. The van der Waals surface area contributed by atoms with Crippen molar-refractivity contribution >= 4 is 17.0 Å². The molecule has 0 radical (unpaired) electrons. The molecular formula is C23H29NO2. The van der Waals surface area contributed by atoms with Gasteiger partial charge in [0.25, 0.3) is 0 Å². The highest BCUT2D eigenvalue weighted by Crippen LogP contribution is 2.40. The van der Waals surface area contributed by atoms with E-state index in [4.69, 9.17) is 9.73 Å². The molecule has 2 atom stereocenters. The molecule has 2 aromatic carbocycles. The number of rotatable bonds is 4. The van der Waals surface area contributed by atoms with Gasteiger partial charge in [0.1, 0.15) is 0 Å². The van der Waals surface area contributed by atoms with Crippen LogP contribution in [0.1, 0.15) is 50.3 Å². The van der Waals surface area contributed by atoms with Gasteiger partial charge in [-0.05, 0) is 44.5 Å². The highest BCUT2D eigenvalue weighted by atomic mass is 16.5. The minimum absolute atomic E-state index is 0.00302. The molecule has 0 amide bonds. The van der Waals surface area contributed by atoms with Crippen LogP contribution in [0.15, 0.2) is 47.0 Å². The number of hydrogen-bond donors (Lipinski definition) is 1. The zero-order valence-electron chi connectivity index (χ0n) is 16.4. The molecule has 2 unspecified atom stereocenters. The summed E-state index contributed by atoms with van der Waals surface area (Å²) in [6.07, 6.45) is 3.94. The second-order valence-electron chi connectivity index (χ2n) is 8.13. The molecule has 0 aliphatic carbocycles. The zero-order chi connectivity index (χ0) is 18.9. The van der Waals surface area contributed by atoms with Crippen molar-refractivity contribution in [2.45, 2.75) is 45.1 Å². The lowest BCUT2D eigenvalue weighted by molar-refractivity contribution is 0.230. The standard InChI is InChI=1S/C23H29NO2/c1-15-21-17(13-24-22(15)16(14-25)10-11-26-5)12-20(23(2,3)4)18-8-6-7-9-19(18)21/h6-10,12-13,15,22,25H,11,14H2,1-5H3/b16-10+. The molecule has 0 fully saturated rings. The molecule has 0 spiro atoms. The average Bonchev–Trinajstić information content (AvgIpc) is 2.62. The van der Waals surface area contributed by atoms with Crippen LogP contribution in [0, 0.1) is 0 Å². The van der Waals surface area contributed by atoms with E-state index in [0.717, 1.165) is 5.57 Å². The van der Waals surface area contributed by atoms with Gasteiger partial charge in [0, 0.05) is 19.2 Å². The lowest BCUT2D eigenvalue weighted by Crippen LogP contribution is -2.25. The van der Waals surface area contributed by atoms with Crippen LogP contribution in [0.2, 0.25) is 0 Å². The van der Waals surface area contributed by atoms with Crippen LogP contribution in [0.3, 0.4) is 0 Å². The van der Waals surface area contributed by atoms with E-state index >= 15 is 0 Å². The predicted molar refractivity (Wildman–Crippen MR) is 109 cm³/mol. The molecule has 1 aliphatic heterocycles. The van der Waals surface area contributed by atoms with Crippen LogP contribution in [-0.2, 0) is 10.2 Å². The molecule has 0 saturated heterocycles. The molecule has 2 aromatic rings. The van der Waals surface area contributed by atoms with Crippen molar-refractivity contribution in [1.29, 1.82) is 0 Å². The predicted octanol–water partition coefficient (Wildman–Crippen LogP) is 4.61. The van der Waals surface area contributed by atoms with Crippen LogP contribution in [-0.4, -0.2) is 37.7 Å². The second-order valence-corrected chi connectivity index (χ2v) is 8.13. The Labute approximate surface area is 156 Å². The molecule has 0 saturated carbocycles. The number of aliphatic hydroxyl groups is 1. The van der Waals surface area contributed by atoms with Gasteiger partial charge in [-0.2, -0.15) is 0 Å².